The summed E-state index contributed by atoms with van der Waals surface area (Å²) in [5.41, 5.74) is 4.99. The Morgan fingerprint density at radius 3 is 1.59 bits per heavy atom. The summed E-state index contributed by atoms with van der Waals surface area (Å²) < 4.78 is 60.3. The quantitative estimate of drug-likeness (QED) is 0.140. The van der Waals surface area contributed by atoms with E-state index in [0.717, 1.165) is 38.5 Å². The molecule has 59 heavy (non-hydrogen) atoms. The average molecular weight is 953 g/mol. The summed E-state index contributed by atoms with van der Waals surface area (Å²) >= 11 is 27.3. The SMILES string of the molecule is COc1ccccc1-c1csc(N2CCN(S(=O)(=O)c3cc(Cl)ccc3Cl)CC2)n1.Cc1cccc(-c2csc(N3CCN(S(=O)(=O)c4cc(Cl)ccc4Cl)CC3)n2)c1. The highest BCUT2D eigenvalue weighted by molar-refractivity contribution is 7.89. The number of halogens is 4. The first kappa shape index (κ1) is 43.6. The molecule has 6 aromatic rings. The molecule has 8 rings (SSSR count). The van der Waals surface area contributed by atoms with Gasteiger partial charge in [0, 0.05) is 84.3 Å². The number of sulfonamides is 2. The van der Waals surface area contributed by atoms with Crippen LogP contribution in [-0.2, 0) is 20.0 Å². The molecule has 0 radical (unpaired) electrons. The summed E-state index contributed by atoms with van der Waals surface area (Å²) in [6.07, 6.45) is 0. The van der Waals surface area contributed by atoms with Crippen LogP contribution in [0.4, 0.5) is 10.3 Å². The van der Waals surface area contributed by atoms with Gasteiger partial charge in [-0.25, -0.2) is 26.8 Å². The molecule has 2 aliphatic rings. The van der Waals surface area contributed by atoms with E-state index in [0.29, 0.717) is 62.4 Å². The van der Waals surface area contributed by atoms with Gasteiger partial charge in [0.05, 0.1) is 28.5 Å². The van der Waals surface area contributed by atoms with E-state index in [-0.39, 0.29) is 19.8 Å². The van der Waals surface area contributed by atoms with Crippen molar-refractivity contribution in [2.24, 2.45) is 0 Å². The number of benzene rings is 4. The number of methoxy groups -OCH3 is 1. The lowest BCUT2D eigenvalue weighted by Gasteiger charge is -2.34. The third kappa shape index (κ3) is 9.86. The van der Waals surface area contributed by atoms with Crippen molar-refractivity contribution in [3.05, 3.63) is 121 Å². The van der Waals surface area contributed by atoms with Crippen LogP contribution in [0.25, 0.3) is 22.5 Å². The molecule has 2 aromatic heterocycles. The van der Waals surface area contributed by atoms with Crippen LogP contribution in [-0.4, -0.2) is 94.9 Å². The van der Waals surface area contributed by atoms with Gasteiger partial charge >= 0.3 is 0 Å². The highest BCUT2D eigenvalue weighted by Gasteiger charge is 2.33. The molecule has 19 heteroatoms. The van der Waals surface area contributed by atoms with Crippen molar-refractivity contribution in [2.45, 2.75) is 16.7 Å². The van der Waals surface area contributed by atoms with Gasteiger partial charge in [-0.1, -0.05) is 82.3 Å². The Balaban J connectivity index is 0.000000179. The van der Waals surface area contributed by atoms with Gasteiger partial charge in [-0.2, -0.15) is 8.61 Å². The molecule has 11 nitrogen and oxygen atoms in total. The van der Waals surface area contributed by atoms with Crippen LogP contribution in [0.5, 0.6) is 5.75 Å². The van der Waals surface area contributed by atoms with Gasteiger partial charge < -0.3 is 14.5 Å². The zero-order valence-corrected chi connectivity index (χ0v) is 38.1. The zero-order valence-electron chi connectivity index (χ0n) is 31.8. The smallest absolute Gasteiger partial charge is 0.244 e. The fourth-order valence-electron chi connectivity index (χ4n) is 6.60. The van der Waals surface area contributed by atoms with Crippen molar-refractivity contribution in [1.82, 2.24) is 18.6 Å². The Morgan fingerprint density at radius 1 is 0.593 bits per heavy atom. The molecule has 0 bridgehead atoms. The first-order valence-electron chi connectivity index (χ1n) is 18.3. The zero-order chi connectivity index (χ0) is 41.9. The van der Waals surface area contributed by atoms with Gasteiger partial charge in [-0.3, -0.25) is 0 Å². The standard InChI is InChI=1S/C20H19Cl2N3O3S2.C20H19Cl2N3O2S2/c1-28-18-5-3-2-4-15(18)17-13-29-20(23-17)24-8-10-25(11-9-24)30(26,27)19-12-14(21)6-7-16(19)22;1-14-3-2-4-15(11-14)18-13-28-20(23-18)24-7-9-25(10-8-24)29(26,27)19-12-16(21)5-6-17(19)22/h2-7,12-13H,8-11H2,1H3;2-6,11-13H,7-10H2,1H3. The van der Waals surface area contributed by atoms with E-state index in [4.69, 9.17) is 61.1 Å². The number of piperazine rings is 2. The lowest BCUT2D eigenvalue weighted by atomic mass is 10.1. The van der Waals surface area contributed by atoms with E-state index < -0.39 is 20.0 Å². The van der Waals surface area contributed by atoms with Gasteiger partial charge in [0.15, 0.2) is 10.3 Å². The van der Waals surface area contributed by atoms with Crippen molar-refractivity contribution >= 4 is 99.4 Å². The summed E-state index contributed by atoms with van der Waals surface area (Å²) in [4.78, 5) is 13.8. The van der Waals surface area contributed by atoms with Gasteiger partial charge in [0.1, 0.15) is 15.5 Å². The Morgan fingerprint density at radius 2 is 1.08 bits per heavy atom. The second kappa shape index (κ2) is 18.6. The van der Waals surface area contributed by atoms with Crippen LogP contribution < -0.4 is 14.5 Å². The molecular weight excluding hydrogens is 915 g/mol. The number of hydrogen-bond donors (Lipinski definition) is 0. The number of aromatic nitrogens is 2. The highest BCUT2D eigenvalue weighted by atomic mass is 35.5. The molecular formula is C40H38Cl4N6O5S4. The number of rotatable bonds is 9. The lowest BCUT2D eigenvalue weighted by molar-refractivity contribution is 0.384. The molecule has 2 aliphatic heterocycles. The van der Waals surface area contributed by atoms with Crippen molar-refractivity contribution in [3.63, 3.8) is 0 Å². The van der Waals surface area contributed by atoms with Gasteiger partial charge in [-0.15, -0.1) is 22.7 Å². The molecule has 2 fully saturated rings. The predicted molar refractivity (Wildman–Crippen MR) is 241 cm³/mol. The largest absolute Gasteiger partial charge is 0.496 e. The summed E-state index contributed by atoms with van der Waals surface area (Å²) in [7, 11) is -5.76. The molecule has 0 N–H and O–H groups in total. The van der Waals surface area contributed by atoms with Crippen molar-refractivity contribution < 1.29 is 21.6 Å². The van der Waals surface area contributed by atoms with E-state index >= 15 is 0 Å². The monoisotopic (exact) mass is 950 g/mol. The number of aryl methyl sites for hydroxylation is 1. The van der Waals surface area contributed by atoms with Crippen LogP contribution in [0.1, 0.15) is 5.56 Å². The van der Waals surface area contributed by atoms with Crippen molar-refractivity contribution in [1.29, 1.82) is 0 Å². The van der Waals surface area contributed by atoms with E-state index in [1.165, 1.54) is 49.8 Å². The predicted octanol–water partition coefficient (Wildman–Crippen LogP) is 9.57. The van der Waals surface area contributed by atoms with Gasteiger partial charge in [-0.05, 0) is 61.5 Å². The molecule has 0 atom stereocenters. The van der Waals surface area contributed by atoms with Crippen LogP contribution in [0.15, 0.2) is 105 Å². The van der Waals surface area contributed by atoms with E-state index in [1.54, 1.807) is 30.6 Å². The Kier molecular flexibility index (Phi) is 13.8. The Hall–Kier alpha value is -3.48. The first-order valence-corrected chi connectivity index (χ1v) is 24.4. The fraction of sp³-hybridized carbons (Fsp3) is 0.250. The second-order valence-corrected chi connectivity index (χ2v) is 20.7. The lowest BCUT2D eigenvalue weighted by Crippen LogP contribution is -2.48. The summed E-state index contributed by atoms with van der Waals surface area (Å²) in [5.74, 6) is 0.767. The topological polar surface area (TPSA) is 116 Å². The van der Waals surface area contributed by atoms with Crippen LogP contribution >= 0.6 is 69.1 Å². The Labute approximate surface area is 372 Å². The maximum Gasteiger partial charge on any atom is 0.244 e. The molecule has 2 saturated heterocycles. The number of thiazole rings is 2. The van der Waals surface area contributed by atoms with Crippen molar-refractivity contribution in [3.8, 4) is 28.3 Å². The van der Waals surface area contributed by atoms with E-state index in [1.807, 2.05) is 47.2 Å². The first-order chi connectivity index (χ1) is 28.2. The number of hydrogen-bond acceptors (Lipinski definition) is 11. The molecule has 4 heterocycles. The molecule has 0 spiro atoms. The molecule has 310 valence electrons. The maximum atomic E-state index is 13.0. The maximum absolute atomic E-state index is 13.0. The minimum atomic E-state index is -3.71. The van der Waals surface area contributed by atoms with E-state index in [9.17, 15) is 16.8 Å². The van der Waals surface area contributed by atoms with Gasteiger partial charge in [0.25, 0.3) is 0 Å². The number of ether oxygens (including phenoxy) is 1. The van der Waals surface area contributed by atoms with E-state index in [2.05, 4.69) is 28.9 Å². The third-order valence-electron chi connectivity index (χ3n) is 9.72. The second-order valence-electron chi connectivity index (χ2n) is 13.5. The molecule has 0 aliphatic carbocycles. The number of para-hydroxylation sites is 1. The summed E-state index contributed by atoms with van der Waals surface area (Å²) in [5, 5.41) is 6.82. The molecule has 4 aromatic carbocycles. The summed E-state index contributed by atoms with van der Waals surface area (Å²) in [6, 6.07) is 24.9. The fourth-order valence-corrected chi connectivity index (χ4v) is 12.7. The Bertz CT molecular complexity index is 2660. The third-order valence-corrected chi connectivity index (χ3v) is 16.8. The minimum Gasteiger partial charge on any atom is -0.496 e. The molecule has 0 unspecified atom stereocenters. The normalized spacial score (nSPS) is 15.5. The summed E-state index contributed by atoms with van der Waals surface area (Å²) in [6.45, 7) is 5.68. The van der Waals surface area contributed by atoms with Crippen molar-refractivity contribution in [2.75, 3.05) is 69.3 Å². The van der Waals surface area contributed by atoms with Crippen LogP contribution in [0.3, 0.4) is 0 Å². The van der Waals surface area contributed by atoms with Crippen LogP contribution in [0.2, 0.25) is 20.1 Å². The molecule has 0 amide bonds. The number of nitrogens with zero attached hydrogens (tertiary/aromatic N) is 6. The molecule has 0 saturated carbocycles. The average Bonchev–Trinajstić information content (AvgIpc) is 3.95. The minimum absolute atomic E-state index is 0.0397. The van der Waals surface area contributed by atoms with Crippen LogP contribution in [0, 0.1) is 6.92 Å². The highest BCUT2D eigenvalue weighted by Crippen LogP contribution is 2.35. The van der Waals surface area contributed by atoms with Gasteiger partial charge in [0.2, 0.25) is 20.0 Å². The number of anilines is 2.